The molecular formula is C22H21FN6O3S2. The minimum Gasteiger partial charge on any atom is -0.323 e. The third-order valence-corrected chi connectivity index (χ3v) is 7.17. The Morgan fingerprint density at radius 1 is 1.06 bits per heavy atom. The first kappa shape index (κ1) is 23.8. The molecule has 1 amide bonds. The van der Waals surface area contributed by atoms with E-state index in [9.17, 15) is 17.6 Å². The van der Waals surface area contributed by atoms with Gasteiger partial charge in [0, 0.05) is 13.0 Å². The minimum atomic E-state index is -3.64. The maximum Gasteiger partial charge on any atom is 0.240 e. The standard InChI is InChI=1S/C22H21FN6O3S2/c1-15-6-8-16(9-7-15)34(31,32)24-13-12-20-27-26-19-10-11-22(28-29(19)20)33-14-21(30)25-18-5-3-2-4-17(18)23/h2-11,24H,12-14H2,1H3,(H,25,30). The number of carbonyl (C=O) groups is 1. The fourth-order valence-corrected chi connectivity index (χ4v) is 4.72. The van der Waals surface area contributed by atoms with Gasteiger partial charge in [-0.3, -0.25) is 4.79 Å². The number of amides is 1. The van der Waals surface area contributed by atoms with Gasteiger partial charge in [0.15, 0.2) is 11.5 Å². The smallest absolute Gasteiger partial charge is 0.240 e. The fourth-order valence-electron chi connectivity index (χ4n) is 3.04. The molecule has 0 saturated carbocycles. The Hall–Kier alpha value is -3.35. The van der Waals surface area contributed by atoms with Crippen molar-refractivity contribution in [2.24, 2.45) is 0 Å². The number of nitrogens with one attached hydrogen (secondary N) is 2. The number of sulfonamides is 1. The molecule has 0 spiro atoms. The summed E-state index contributed by atoms with van der Waals surface area (Å²) in [5, 5.41) is 15.6. The van der Waals surface area contributed by atoms with E-state index < -0.39 is 15.8 Å². The second kappa shape index (κ2) is 10.3. The van der Waals surface area contributed by atoms with Crippen molar-refractivity contribution in [2.75, 3.05) is 17.6 Å². The number of hydrogen-bond acceptors (Lipinski definition) is 7. The first-order valence-corrected chi connectivity index (χ1v) is 12.7. The predicted octanol–water partition coefficient (Wildman–Crippen LogP) is 2.82. The topological polar surface area (TPSA) is 118 Å². The van der Waals surface area contributed by atoms with Gasteiger partial charge in [-0.1, -0.05) is 41.6 Å². The van der Waals surface area contributed by atoms with Crippen LogP contribution in [0.2, 0.25) is 0 Å². The minimum absolute atomic E-state index is 0.0284. The average Bonchev–Trinajstić information content (AvgIpc) is 3.22. The molecule has 34 heavy (non-hydrogen) atoms. The molecule has 2 heterocycles. The fraction of sp³-hybridized carbons (Fsp3) is 0.182. The third-order valence-electron chi connectivity index (χ3n) is 4.77. The largest absolute Gasteiger partial charge is 0.323 e. The molecule has 0 aliphatic rings. The highest BCUT2D eigenvalue weighted by molar-refractivity contribution is 7.99. The van der Waals surface area contributed by atoms with Gasteiger partial charge >= 0.3 is 0 Å². The summed E-state index contributed by atoms with van der Waals surface area (Å²) in [5.74, 6) is -0.375. The van der Waals surface area contributed by atoms with E-state index in [0.29, 0.717) is 16.5 Å². The lowest BCUT2D eigenvalue weighted by molar-refractivity contribution is -0.113. The third kappa shape index (κ3) is 5.76. The quantitative estimate of drug-likeness (QED) is 0.339. The molecule has 4 rings (SSSR count). The lowest BCUT2D eigenvalue weighted by atomic mass is 10.2. The molecule has 9 nitrogen and oxygen atoms in total. The molecule has 0 saturated heterocycles. The molecule has 0 bridgehead atoms. The number of nitrogens with zero attached hydrogens (tertiary/aromatic N) is 4. The van der Waals surface area contributed by atoms with Crippen molar-refractivity contribution in [3.8, 4) is 0 Å². The summed E-state index contributed by atoms with van der Waals surface area (Å²) in [4.78, 5) is 12.4. The lowest BCUT2D eigenvalue weighted by Gasteiger charge is -2.07. The zero-order valence-electron chi connectivity index (χ0n) is 18.1. The summed E-state index contributed by atoms with van der Waals surface area (Å²) in [6.07, 6.45) is 0.265. The summed E-state index contributed by atoms with van der Waals surface area (Å²) in [5.41, 5.74) is 1.58. The van der Waals surface area contributed by atoms with Crippen molar-refractivity contribution < 1.29 is 17.6 Å². The molecule has 0 aliphatic heterocycles. The molecule has 0 aliphatic carbocycles. The highest BCUT2D eigenvalue weighted by Gasteiger charge is 2.15. The highest BCUT2D eigenvalue weighted by Crippen LogP contribution is 2.18. The first-order chi connectivity index (χ1) is 16.3. The van der Waals surface area contributed by atoms with Crippen molar-refractivity contribution in [3.63, 3.8) is 0 Å². The molecule has 12 heteroatoms. The van der Waals surface area contributed by atoms with Gasteiger partial charge in [-0.25, -0.2) is 17.5 Å². The number of para-hydroxylation sites is 1. The Labute approximate surface area is 199 Å². The van der Waals surface area contributed by atoms with Gasteiger partial charge in [-0.15, -0.1) is 10.2 Å². The van der Waals surface area contributed by atoms with Gasteiger partial charge in [-0.05, 0) is 43.3 Å². The summed E-state index contributed by atoms with van der Waals surface area (Å²) in [7, 11) is -3.64. The summed E-state index contributed by atoms with van der Waals surface area (Å²) >= 11 is 1.17. The van der Waals surface area contributed by atoms with E-state index in [4.69, 9.17) is 0 Å². The van der Waals surface area contributed by atoms with Gasteiger partial charge in [0.25, 0.3) is 0 Å². The van der Waals surface area contributed by atoms with E-state index in [0.717, 1.165) is 5.56 Å². The number of aryl methyl sites for hydroxylation is 1. The number of fused-ring (bicyclic) bond motifs is 1. The second-order valence-electron chi connectivity index (χ2n) is 7.34. The van der Waals surface area contributed by atoms with E-state index in [2.05, 4.69) is 25.3 Å². The van der Waals surface area contributed by atoms with Crippen LogP contribution in [-0.4, -0.2) is 46.4 Å². The van der Waals surface area contributed by atoms with Crippen molar-refractivity contribution >= 4 is 39.0 Å². The second-order valence-corrected chi connectivity index (χ2v) is 10.1. The Morgan fingerprint density at radius 3 is 2.59 bits per heavy atom. The van der Waals surface area contributed by atoms with E-state index in [-0.39, 0.29) is 35.2 Å². The van der Waals surface area contributed by atoms with Crippen molar-refractivity contribution in [2.45, 2.75) is 23.3 Å². The van der Waals surface area contributed by atoms with Crippen LogP contribution in [-0.2, 0) is 21.2 Å². The number of anilines is 1. The van der Waals surface area contributed by atoms with E-state index >= 15 is 0 Å². The summed E-state index contributed by atoms with van der Waals surface area (Å²) < 4.78 is 42.7. The Bertz CT molecular complexity index is 1420. The molecule has 2 aromatic heterocycles. The number of aromatic nitrogens is 4. The Kier molecular flexibility index (Phi) is 7.20. The molecule has 176 valence electrons. The number of thioether (sulfide) groups is 1. The van der Waals surface area contributed by atoms with E-state index in [1.165, 1.54) is 28.4 Å². The lowest BCUT2D eigenvalue weighted by Crippen LogP contribution is -2.26. The van der Waals surface area contributed by atoms with Crippen LogP contribution in [0.3, 0.4) is 0 Å². The van der Waals surface area contributed by atoms with Crippen LogP contribution < -0.4 is 10.0 Å². The molecule has 4 aromatic rings. The van der Waals surface area contributed by atoms with Crippen LogP contribution >= 0.6 is 11.8 Å². The molecule has 2 aromatic carbocycles. The normalized spacial score (nSPS) is 11.6. The van der Waals surface area contributed by atoms with Crippen LogP contribution in [0.1, 0.15) is 11.4 Å². The van der Waals surface area contributed by atoms with Crippen LogP contribution in [0.5, 0.6) is 0 Å². The molecule has 0 atom stereocenters. The predicted molar refractivity (Wildman–Crippen MR) is 127 cm³/mol. The van der Waals surface area contributed by atoms with Crippen LogP contribution in [0.15, 0.2) is 70.6 Å². The summed E-state index contributed by atoms with van der Waals surface area (Å²) in [6.45, 7) is 2.00. The number of rotatable bonds is 9. The van der Waals surface area contributed by atoms with Gasteiger partial charge in [0.2, 0.25) is 15.9 Å². The summed E-state index contributed by atoms with van der Waals surface area (Å²) in [6, 6.07) is 15.9. The van der Waals surface area contributed by atoms with Crippen molar-refractivity contribution in [3.05, 3.63) is 77.9 Å². The van der Waals surface area contributed by atoms with Gasteiger partial charge in [0.1, 0.15) is 10.8 Å². The monoisotopic (exact) mass is 500 g/mol. The maximum absolute atomic E-state index is 13.7. The molecule has 0 radical (unpaired) electrons. The van der Waals surface area contributed by atoms with Crippen LogP contribution in [0, 0.1) is 12.7 Å². The molecule has 0 fully saturated rings. The van der Waals surface area contributed by atoms with Crippen LogP contribution in [0.4, 0.5) is 10.1 Å². The SMILES string of the molecule is Cc1ccc(S(=O)(=O)NCCc2nnc3ccc(SCC(=O)Nc4ccccc4F)nn23)cc1. The maximum atomic E-state index is 13.7. The van der Waals surface area contributed by atoms with Gasteiger partial charge in [0.05, 0.1) is 16.3 Å². The Morgan fingerprint density at radius 2 is 1.82 bits per heavy atom. The number of carbonyl (C=O) groups excluding carboxylic acids is 1. The molecular weight excluding hydrogens is 479 g/mol. The Balaban J connectivity index is 1.37. The molecule has 2 N–H and O–H groups in total. The number of halogens is 1. The van der Waals surface area contributed by atoms with Crippen molar-refractivity contribution in [1.29, 1.82) is 0 Å². The van der Waals surface area contributed by atoms with E-state index in [1.807, 2.05) is 6.92 Å². The first-order valence-electron chi connectivity index (χ1n) is 10.3. The molecule has 0 unspecified atom stereocenters. The number of benzene rings is 2. The highest BCUT2D eigenvalue weighted by atomic mass is 32.2. The number of hydrogen-bond donors (Lipinski definition) is 2. The zero-order chi connectivity index (χ0) is 24.1. The average molecular weight is 501 g/mol. The van der Waals surface area contributed by atoms with Crippen molar-refractivity contribution in [1.82, 2.24) is 24.5 Å². The van der Waals surface area contributed by atoms with Gasteiger partial charge < -0.3 is 5.32 Å². The zero-order valence-corrected chi connectivity index (χ0v) is 19.7. The van der Waals surface area contributed by atoms with E-state index in [1.54, 1.807) is 48.5 Å². The van der Waals surface area contributed by atoms with Crippen LogP contribution in [0.25, 0.3) is 5.65 Å². The van der Waals surface area contributed by atoms with Gasteiger partial charge in [-0.2, -0.15) is 9.61 Å².